The van der Waals surface area contributed by atoms with Crippen molar-refractivity contribution in [3.8, 4) is 5.69 Å². The van der Waals surface area contributed by atoms with E-state index in [2.05, 4.69) is 36.4 Å². The van der Waals surface area contributed by atoms with E-state index in [0.717, 1.165) is 16.9 Å². The molecule has 4 rings (SSSR count). The average Bonchev–Trinajstić information content (AvgIpc) is 3.47. The van der Waals surface area contributed by atoms with Crippen LogP contribution in [0.4, 0.5) is 4.79 Å². The zero-order valence-electron chi connectivity index (χ0n) is 21.1. The van der Waals surface area contributed by atoms with E-state index in [1.165, 1.54) is 5.56 Å². The predicted molar refractivity (Wildman–Crippen MR) is 133 cm³/mol. The van der Waals surface area contributed by atoms with E-state index in [9.17, 15) is 9.59 Å². The number of rotatable bonds is 5. The third kappa shape index (κ3) is 5.75. The first-order valence-electron chi connectivity index (χ1n) is 12.1. The summed E-state index contributed by atoms with van der Waals surface area (Å²) in [5.41, 5.74) is 4.09. The van der Waals surface area contributed by atoms with E-state index in [1.807, 2.05) is 37.6 Å². The summed E-state index contributed by atoms with van der Waals surface area (Å²) in [6.45, 7) is 11.1. The fourth-order valence-corrected chi connectivity index (χ4v) is 4.50. The summed E-state index contributed by atoms with van der Waals surface area (Å²) in [6, 6.07) is 9.83. The number of aryl methyl sites for hydroxylation is 2. The molecular formula is C27H34N4O4. The summed E-state index contributed by atoms with van der Waals surface area (Å²) in [5.74, 6) is 0.565. The van der Waals surface area contributed by atoms with Crippen LogP contribution in [0, 0.1) is 13.8 Å². The highest BCUT2D eigenvalue weighted by Crippen LogP contribution is 2.33. The highest BCUT2D eigenvalue weighted by molar-refractivity contribution is 5.95. The Morgan fingerprint density at radius 1 is 1.17 bits per heavy atom. The summed E-state index contributed by atoms with van der Waals surface area (Å²) < 4.78 is 12.8. The number of ether oxygens (including phenoxy) is 1. The molecule has 1 N–H and O–H groups in total. The Hall–Kier alpha value is -3.55. The molecule has 0 spiro atoms. The zero-order valence-corrected chi connectivity index (χ0v) is 21.1. The number of aromatic nitrogens is 2. The Kier molecular flexibility index (Phi) is 7.00. The third-order valence-electron chi connectivity index (χ3n) is 6.17. The van der Waals surface area contributed by atoms with Crippen LogP contribution in [0.1, 0.15) is 72.5 Å². The topological polar surface area (TPSA) is 89.6 Å². The monoisotopic (exact) mass is 478 g/mol. The number of carbonyl (C=O) groups excluding carboxylic acids is 2. The second-order valence-corrected chi connectivity index (χ2v) is 10.1. The summed E-state index contributed by atoms with van der Waals surface area (Å²) in [5, 5.41) is 7.60. The molecule has 1 aliphatic heterocycles. The average molecular weight is 479 g/mol. The van der Waals surface area contributed by atoms with Gasteiger partial charge in [-0.15, -0.1) is 0 Å². The molecule has 1 aromatic carbocycles. The smallest absolute Gasteiger partial charge is 0.410 e. The molecule has 0 saturated carbocycles. The molecule has 8 nitrogen and oxygen atoms in total. The summed E-state index contributed by atoms with van der Waals surface area (Å²) in [6.07, 6.45) is 4.37. The molecule has 0 radical (unpaired) electrons. The Bertz CT molecular complexity index is 1180. The molecule has 1 saturated heterocycles. The van der Waals surface area contributed by atoms with E-state index >= 15 is 0 Å². The lowest BCUT2D eigenvalue weighted by Crippen LogP contribution is -2.41. The molecule has 3 aromatic rings. The van der Waals surface area contributed by atoms with Crippen LogP contribution in [0.3, 0.4) is 0 Å². The Morgan fingerprint density at radius 2 is 1.91 bits per heavy atom. The van der Waals surface area contributed by atoms with Gasteiger partial charge in [0.05, 0.1) is 35.9 Å². The molecule has 0 unspecified atom stereocenters. The number of hydrogen-bond acceptors (Lipinski definition) is 5. The van der Waals surface area contributed by atoms with Crippen molar-refractivity contribution in [3.05, 3.63) is 70.9 Å². The second kappa shape index (κ2) is 9.98. The molecule has 2 aromatic heterocycles. The van der Waals surface area contributed by atoms with Gasteiger partial charge >= 0.3 is 6.09 Å². The van der Waals surface area contributed by atoms with Crippen LogP contribution in [0.2, 0.25) is 0 Å². The van der Waals surface area contributed by atoms with Gasteiger partial charge in [-0.1, -0.05) is 17.7 Å². The number of carbonyl (C=O) groups is 2. The molecule has 0 bridgehead atoms. The molecule has 8 heteroatoms. The molecule has 0 aliphatic carbocycles. The largest absolute Gasteiger partial charge is 0.467 e. The van der Waals surface area contributed by atoms with Gasteiger partial charge in [-0.05, 0) is 71.2 Å². The van der Waals surface area contributed by atoms with E-state index < -0.39 is 5.60 Å². The minimum atomic E-state index is -0.533. The Labute approximate surface area is 206 Å². The van der Waals surface area contributed by atoms with E-state index in [4.69, 9.17) is 9.15 Å². The summed E-state index contributed by atoms with van der Waals surface area (Å²) >= 11 is 0. The van der Waals surface area contributed by atoms with Crippen LogP contribution in [-0.4, -0.2) is 45.4 Å². The van der Waals surface area contributed by atoms with Crippen molar-refractivity contribution in [1.29, 1.82) is 0 Å². The van der Waals surface area contributed by atoms with Crippen LogP contribution >= 0.6 is 0 Å². The minimum absolute atomic E-state index is 0.0706. The van der Waals surface area contributed by atoms with Gasteiger partial charge < -0.3 is 19.4 Å². The third-order valence-corrected chi connectivity index (χ3v) is 6.17. The molecule has 3 heterocycles. The predicted octanol–water partition coefficient (Wildman–Crippen LogP) is 5.13. The van der Waals surface area contributed by atoms with Crippen LogP contribution < -0.4 is 5.32 Å². The lowest BCUT2D eigenvalue weighted by atomic mass is 9.90. The van der Waals surface area contributed by atoms with Gasteiger partial charge in [0.25, 0.3) is 5.91 Å². The van der Waals surface area contributed by atoms with Crippen molar-refractivity contribution in [2.45, 2.75) is 65.5 Å². The maximum Gasteiger partial charge on any atom is 0.410 e. The van der Waals surface area contributed by atoms with Gasteiger partial charge in [0.1, 0.15) is 11.4 Å². The van der Waals surface area contributed by atoms with Gasteiger partial charge in [0.15, 0.2) is 0 Å². The summed E-state index contributed by atoms with van der Waals surface area (Å²) in [4.78, 5) is 27.5. The van der Waals surface area contributed by atoms with Crippen LogP contribution in [-0.2, 0) is 11.3 Å². The number of benzene rings is 1. The van der Waals surface area contributed by atoms with Gasteiger partial charge in [-0.2, -0.15) is 5.10 Å². The van der Waals surface area contributed by atoms with Crippen molar-refractivity contribution in [2.75, 3.05) is 13.1 Å². The van der Waals surface area contributed by atoms with Crippen molar-refractivity contribution in [2.24, 2.45) is 0 Å². The fourth-order valence-electron chi connectivity index (χ4n) is 4.50. The molecule has 1 aliphatic rings. The van der Waals surface area contributed by atoms with Gasteiger partial charge in [0.2, 0.25) is 0 Å². The maximum absolute atomic E-state index is 13.2. The molecule has 2 amide bonds. The van der Waals surface area contributed by atoms with E-state index in [1.54, 1.807) is 23.4 Å². The van der Waals surface area contributed by atoms with E-state index in [0.29, 0.717) is 43.8 Å². The zero-order chi connectivity index (χ0) is 25.2. The minimum Gasteiger partial charge on any atom is -0.467 e. The number of hydrogen-bond donors (Lipinski definition) is 1. The Morgan fingerprint density at radius 3 is 2.54 bits per heavy atom. The number of piperidine rings is 1. The lowest BCUT2D eigenvalue weighted by Gasteiger charge is -2.34. The molecule has 35 heavy (non-hydrogen) atoms. The molecule has 0 atom stereocenters. The van der Waals surface area contributed by atoms with Gasteiger partial charge in [0, 0.05) is 19.0 Å². The highest BCUT2D eigenvalue weighted by Gasteiger charge is 2.32. The standard InChI is InChI=1S/C27H34N4O4/c1-18-8-9-23(19(2)15-18)31-24(20-10-12-30(13-11-20)26(33)35-27(3,4)5)22(17-29-31)25(32)28-16-21-7-6-14-34-21/h6-9,14-15,17,20H,10-13,16H2,1-5H3,(H,28,32). The number of nitrogens with one attached hydrogen (secondary N) is 1. The fraction of sp³-hybridized carbons (Fsp3) is 0.444. The van der Waals surface area contributed by atoms with Gasteiger partial charge in [-0.3, -0.25) is 4.79 Å². The maximum atomic E-state index is 13.2. The molecular weight excluding hydrogens is 444 g/mol. The number of likely N-dealkylation sites (tertiary alicyclic amines) is 1. The quantitative estimate of drug-likeness (QED) is 0.549. The number of amides is 2. The Balaban J connectivity index is 1.60. The van der Waals surface area contributed by atoms with E-state index in [-0.39, 0.29) is 17.9 Å². The van der Waals surface area contributed by atoms with Crippen LogP contribution in [0.15, 0.2) is 47.2 Å². The van der Waals surface area contributed by atoms with Crippen molar-refractivity contribution >= 4 is 12.0 Å². The molecule has 1 fully saturated rings. The van der Waals surface area contributed by atoms with Crippen LogP contribution in [0.5, 0.6) is 0 Å². The van der Waals surface area contributed by atoms with Gasteiger partial charge in [-0.25, -0.2) is 9.48 Å². The van der Waals surface area contributed by atoms with Crippen molar-refractivity contribution in [3.63, 3.8) is 0 Å². The van der Waals surface area contributed by atoms with Crippen molar-refractivity contribution < 1.29 is 18.7 Å². The molecule has 186 valence electrons. The second-order valence-electron chi connectivity index (χ2n) is 10.1. The SMILES string of the molecule is Cc1ccc(-n2ncc(C(=O)NCc3ccco3)c2C2CCN(C(=O)OC(C)(C)C)CC2)c(C)c1. The normalized spacial score (nSPS) is 14.7. The first-order chi connectivity index (χ1) is 16.6. The number of nitrogens with zero attached hydrogens (tertiary/aromatic N) is 3. The lowest BCUT2D eigenvalue weighted by molar-refractivity contribution is 0.0203. The number of furan rings is 1. The highest BCUT2D eigenvalue weighted by atomic mass is 16.6. The van der Waals surface area contributed by atoms with Crippen LogP contribution in [0.25, 0.3) is 5.69 Å². The first-order valence-corrected chi connectivity index (χ1v) is 12.1. The first kappa shape index (κ1) is 24.6. The summed E-state index contributed by atoms with van der Waals surface area (Å²) in [7, 11) is 0. The van der Waals surface area contributed by atoms with Crippen molar-refractivity contribution in [1.82, 2.24) is 20.0 Å².